The Bertz CT molecular complexity index is 817. The van der Waals surface area contributed by atoms with E-state index in [-0.39, 0.29) is 5.56 Å². The second-order valence-corrected chi connectivity index (χ2v) is 5.19. The van der Waals surface area contributed by atoms with Gasteiger partial charge in [-0.05, 0) is 12.0 Å². The van der Waals surface area contributed by atoms with Gasteiger partial charge in [0.25, 0.3) is 5.56 Å². The van der Waals surface area contributed by atoms with Gasteiger partial charge in [0, 0.05) is 13.5 Å². The molecule has 0 unspecified atom stereocenters. The van der Waals surface area contributed by atoms with E-state index in [9.17, 15) is 4.79 Å². The van der Waals surface area contributed by atoms with Gasteiger partial charge in [0.2, 0.25) is 0 Å². The Morgan fingerprint density at radius 2 is 2.00 bits per heavy atom. The van der Waals surface area contributed by atoms with E-state index in [1.807, 2.05) is 30.3 Å². The summed E-state index contributed by atoms with van der Waals surface area (Å²) in [4.78, 5) is 19.8. The van der Waals surface area contributed by atoms with Gasteiger partial charge in [-0.25, -0.2) is 4.98 Å². The molecule has 3 aromatic rings. The van der Waals surface area contributed by atoms with Gasteiger partial charge in [-0.1, -0.05) is 43.7 Å². The first-order chi connectivity index (χ1) is 10.2. The van der Waals surface area contributed by atoms with Gasteiger partial charge in [0.1, 0.15) is 11.3 Å². The molecule has 108 valence electrons. The van der Waals surface area contributed by atoms with Crippen molar-refractivity contribution >= 4 is 11.0 Å². The predicted molar refractivity (Wildman–Crippen MR) is 82.4 cm³/mol. The zero-order valence-corrected chi connectivity index (χ0v) is 12.3. The molecule has 0 saturated carbocycles. The second-order valence-electron chi connectivity index (χ2n) is 5.19. The highest BCUT2D eigenvalue weighted by molar-refractivity contribution is 5.76. The van der Waals surface area contributed by atoms with Crippen LogP contribution in [0, 0.1) is 0 Å². The van der Waals surface area contributed by atoms with Crippen LogP contribution < -0.4 is 5.56 Å². The van der Waals surface area contributed by atoms with Crippen molar-refractivity contribution < 1.29 is 0 Å². The van der Waals surface area contributed by atoms with Gasteiger partial charge in [-0.3, -0.25) is 9.48 Å². The third-order valence-electron chi connectivity index (χ3n) is 3.51. The largest absolute Gasteiger partial charge is 0.308 e. The van der Waals surface area contributed by atoms with Crippen LogP contribution in [0.2, 0.25) is 0 Å². The topological polar surface area (TPSA) is 63.6 Å². The van der Waals surface area contributed by atoms with Crippen LogP contribution in [0.3, 0.4) is 0 Å². The number of aromatic amines is 1. The Kier molecular flexibility index (Phi) is 3.56. The summed E-state index contributed by atoms with van der Waals surface area (Å²) in [7, 11) is 1.79. The highest BCUT2D eigenvalue weighted by atomic mass is 16.1. The van der Waals surface area contributed by atoms with Crippen LogP contribution in [0.4, 0.5) is 0 Å². The van der Waals surface area contributed by atoms with Crippen LogP contribution in [0.25, 0.3) is 11.0 Å². The average Bonchev–Trinajstić information content (AvgIpc) is 2.77. The molecule has 5 heteroatoms. The second kappa shape index (κ2) is 5.52. The minimum absolute atomic E-state index is 0.122. The van der Waals surface area contributed by atoms with Crippen LogP contribution in [-0.2, 0) is 19.9 Å². The molecule has 0 amide bonds. The fourth-order valence-electron chi connectivity index (χ4n) is 2.57. The predicted octanol–water partition coefficient (Wildman–Crippen LogP) is 2.20. The maximum Gasteiger partial charge on any atom is 0.277 e. The summed E-state index contributed by atoms with van der Waals surface area (Å²) in [5.74, 6) is 0.684. The van der Waals surface area contributed by atoms with Crippen molar-refractivity contribution in [3.05, 3.63) is 57.8 Å². The minimum Gasteiger partial charge on any atom is -0.308 e. The number of fused-ring (bicyclic) bond motifs is 1. The van der Waals surface area contributed by atoms with Gasteiger partial charge in [0.05, 0.1) is 5.69 Å². The van der Waals surface area contributed by atoms with Crippen LogP contribution in [0.1, 0.15) is 30.4 Å². The molecule has 1 N–H and O–H groups in total. The minimum atomic E-state index is -0.122. The van der Waals surface area contributed by atoms with Gasteiger partial charge < -0.3 is 4.98 Å². The lowest BCUT2D eigenvalue weighted by molar-refractivity contribution is 0.750. The van der Waals surface area contributed by atoms with Crippen LogP contribution >= 0.6 is 0 Å². The third kappa shape index (κ3) is 2.59. The molecule has 21 heavy (non-hydrogen) atoms. The highest BCUT2D eigenvalue weighted by Gasteiger charge is 2.14. The van der Waals surface area contributed by atoms with E-state index in [1.54, 1.807) is 11.7 Å². The van der Waals surface area contributed by atoms with Crippen molar-refractivity contribution in [1.82, 2.24) is 19.7 Å². The summed E-state index contributed by atoms with van der Waals surface area (Å²) in [6.45, 7) is 2.10. The van der Waals surface area contributed by atoms with Crippen molar-refractivity contribution in [2.75, 3.05) is 0 Å². The van der Waals surface area contributed by atoms with Crippen molar-refractivity contribution in [2.24, 2.45) is 7.05 Å². The number of hydrogen-bond acceptors (Lipinski definition) is 3. The molecule has 0 spiro atoms. The highest BCUT2D eigenvalue weighted by Crippen LogP contribution is 2.14. The smallest absolute Gasteiger partial charge is 0.277 e. The van der Waals surface area contributed by atoms with Crippen LogP contribution in [0.5, 0.6) is 0 Å². The number of hydrogen-bond donors (Lipinski definition) is 1. The summed E-state index contributed by atoms with van der Waals surface area (Å²) in [5.41, 5.74) is 3.18. The van der Waals surface area contributed by atoms with E-state index in [1.165, 1.54) is 0 Å². The summed E-state index contributed by atoms with van der Waals surface area (Å²) >= 11 is 0. The number of rotatable bonds is 4. The first kappa shape index (κ1) is 13.5. The fourth-order valence-corrected chi connectivity index (χ4v) is 2.57. The molecule has 0 aliphatic rings. The molecule has 0 aliphatic heterocycles. The SMILES string of the molecule is CCCc1nn(C)c2c(=O)[nH]c(Cc3ccccc3)nc12. The lowest BCUT2D eigenvalue weighted by Gasteiger charge is -2.02. The Morgan fingerprint density at radius 1 is 1.24 bits per heavy atom. The lowest BCUT2D eigenvalue weighted by Crippen LogP contribution is -2.14. The van der Waals surface area contributed by atoms with Crippen molar-refractivity contribution in [2.45, 2.75) is 26.2 Å². The maximum atomic E-state index is 12.3. The fraction of sp³-hybridized carbons (Fsp3) is 0.312. The number of nitrogens with one attached hydrogen (secondary N) is 1. The average molecular weight is 282 g/mol. The number of aromatic nitrogens is 4. The summed E-state index contributed by atoms with van der Waals surface area (Å²) < 4.78 is 1.62. The van der Waals surface area contributed by atoms with E-state index in [0.717, 1.165) is 29.6 Å². The molecule has 2 aromatic heterocycles. The quantitative estimate of drug-likeness (QED) is 0.798. The monoisotopic (exact) mass is 282 g/mol. The van der Waals surface area contributed by atoms with E-state index in [4.69, 9.17) is 0 Å². The van der Waals surface area contributed by atoms with E-state index < -0.39 is 0 Å². The molecular formula is C16H18N4O. The number of aryl methyl sites for hydroxylation is 2. The number of nitrogens with zero attached hydrogens (tertiary/aromatic N) is 3. The first-order valence-electron chi connectivity index (χ1n) is 7.17. The molecule has 3 rings (SSSR count). The number of benzene rings is 1. The van der Waals surface area contributed by atoms with Crippen molar-refractivity contribution in [1.29, 1.82) is 0 Å². The Balaban J connectivity index is 2.09. The van der Waals surface area contributed by atoms with Crippen molar-refractivity contribution in [3.63, 3.8) is 0 Å². The molecule has 0 fully saturated rings. The zero-order valence-electron chi connectivity index (χ0n) is 12.3. The Morgan fingerprint density at radius 3 is 2.71 bits per heavy atom. The molecular weight excluding hydrogens is 264 g/mol. The molecule has 0 bridgehead atoms. The number of H-pyrrole nitrogens is 1. The molecule has 0 atom stereocenters. The van der Waals surface area contributed by atoms with E-state index >= 15 is 0 Å². The molecule has 0 aliphatic carbocycles. The third-order valence-corrected chi connectivity index (χ3v) is 3.51. The standard InChI is InChI=1S/C16H18N4O/c1-3-7-12-14-15(20(2)19-12)16(21)18-13(17-14)10-11-8-5-4-6-9-11/h4-6,8-9H,3,7,10H2,1-2H3,(H,17,18,21). The normalized spacial score (nSPS) is 11.1. The van der Waals surface area contributed by atoms with Crippen molar-refractivity contribution in [3.8, 4) is 0 Å². The zero-order chi connectivity index (χ0) is 14.8. The lowest BCUT2D eigenvalue weighted by atomic mass is 10.1. The van der Waals surface area contributed by atoms with Gasteiger partial charge in [0.15, 0.2) is 5.52 Å². The molecule has 5 nitrogen and oxygen atoms in total. The molecule has 0 saturated heterocycles. The molecule has 2 heterocycles. The van der Waals surface area contributed by atoms with E-state index in [2.05, 4.69) is 22.0 Å². The molecule has 0 radical (unpaired) electrons. The summed E-state index contributed by atoms with van der Waals surface area (Å²) in [5, 5.41) is 4.42. The Hall–Kier alpha value is -2.43. The van der Waals surface area contributed by atoms with Crippen LogP contribution in [0.15, 0.2) is 35.1 Å². The van der Waals surface area contributed by atoms with Gasteiger partial charge in [-0.15, -0.1) is 0 Å². The van der Waals surface area contributed by atoms with Crippen LogP contribution in [-0.4, -0.2) is 19.7 Å². The first-order valence-corrected chi connectivity index (χ1v) is 7.17. The summed E-state index contributed by atoms with van der Waals surface area (Å²) in [6, 6.07) is 10.0. The molecule has 1 aromatic carbocycles. The Labute approximate surface area is 122 Å². The van der Waals surface area contributed by atoms with Gasteiger partial charge in [-0.2, -0.15) is 5.10 Å². The van der Waals surface area contributed by atoms with E-state index in [0.29, 0.717) is 17.8 Å². The summed E-state index contributed by atoms with van der Waals surface area (Å²) in [6.07, 6.45) is 2.43. The van der Waals surface area contributed by atoms with Gasteiger partial charge >= 0.3 is 0 Å². The maximum absolute atomic E-state index is 12.3.